The lowest BCUT2D eigenvalue weighted by Crippen LogP contribution is -2.30. The van der Waals surface area contributed by atoms with Crippen LogP contribution in [0, 0.1) is 0 Å². The van der Waals surface area contributed by atoms with Crippen LogP contribution in [0.1, 0.15) is 12.0 Å². The fourth-order valence-corrected chi connectivity index (χ4v) is 1.92. The summed E-state index contributed by atoms with van der Waals surface area (Å²) in [6.45, 7) is 0.286. The van der Waals surface area contributed by atoms with E-state index in [-0.39, 0.29) is 13.0 Å². The van der Waals surface area contributed by atoms with E-state index in [0.717, 1.165) is 5.56 Å². The van der Waals surface area contributed by atoms with E-state index in [0.29, 0.717) is 0 Å². The first-order valence-electron chi connectivity index (χ1n) is 4.86. The molecular weight excluding hydrogens is 194 g/mol. The molecule has 1 heterocycles. The lowest BCUT2D eigenvalue weighted by atomic mass is 9.91. The van der Waals surface area contributed by atoms with Crippen molar-refractivity contribution in [3.05, 3.63) is 35.9 Å². The molecule has 1 aliphatic heterocycles. The maximum Gasteiger partial charge on any atom is 0.320 e. The predicted octanol–water partition coefficient (Wildman–Crippen LogP) is 0.321. The maximum atomic E-state index is 10.7. The van der Waals surface area contributed by atoms with Crippen LogP contribution >= 0.6 is 0 Å². The van der Waals surface area contributed by atoms with Gasteiger partial charge in [-0.25, -0.2) is 0 Å². The molecule has 4 heteroatoms. The highest BCUT2D eigenvalue weighted by Crippen LogP contribution is 2.30. The third-order valence-electron chi connectivity index (χ3n) is 2.79. The summed E-state index contributed by atoms with van der Waals surface area (Å²) in [6, 6.07) is 8.50. The van der Waals surface area contributed by atoms with Gasteiger partial charge < -0.3 is 15.5 Å². The molecule has 0 radical (unpaired) electrons. The van der Waals surface area contributed by atoms with Crippen molar-refractivity contribution < 1.29 is 15.0 Å². The Morgan fingerprint density at radius 3 is 2.60 bits per heavy atom. The molecule has 1 saturated heterocycles. The van der Waals surface area contributed by atoms with Gasteiger partial charge in [0.1, 0.15) is 11.6 Å². The Morgan fingerprint density at radius 2 is 2.07 bits per heavy atom. The topological polar surface area (TPSA) is 69.6 Å². The Balaban J connectivity index is 2.20. The number of carboxylic acid groups (broad SMARTS) is 1. The quantitative estimate of drug-likeness (QED) is 0.653. The van der Waals surface area contributed by atoms with Crippen LogP contribution in [0.15, 0.2) is 30.3 Å². The average Bonchev–Trinajstić information content (AvgIpc) is 2.64. The van der Waals surface area contributed by atoms with Crippen molar-refractivity contribution in [3.63, 3.8) is 0 Å². The SMILES string of the molecule is O=C(O)[C@@H]1CC(O)(c2ccccc2)CN1. The number of aliphatic hydroxyl groups is 1. The Labute approximate surface area is 87.6 Å². The van der Waals surface area contributed by atoms with Crippen LogP contribution in [-0.2, 0) is 10.4 Å². The minimum Gasteiger partial charge on any atom is -0.480 e. The number of rotatable bonds is 2. The summed E-state index contributed by atoms with van der Waals surface area (Å²) in [4.78, 5) is 10.7. The summed E-state index contributed by atoms with van der Waals surface area (Å²) in [5.41, 5.74) is -0.286. The van der Waals surface area contributed by atoms with Crippen LogP contribution in [0.25, 0.3) is 0 Å². The van der Waals surface area contributed by atoms with Gasteiger partial charge >= 0.3 is 5.97 Å². The number of nitrogens with one attached hydrogen (secondary N) is 1. The number of carbonyl (C=O) groups is 1. The molecule has 0 aromatic heterocycles. The van der Waals surface area contributed by atoms with Crippen LogP contribution in [0.2, 0.25) is 0 Å². The molecule has 2 rings (SSSR count). The molecule has 1 unspecified atom stereocenters. The Kier molecular flexibility index (Phi) is 2.46. The molecule has 3 N–H and O–H groups in total. The zero-order valence-corrected chi connectivity index (χ0v) is 8.18. The van der Waals surface area contributed by atoms with Gasteiger partial charge in [0.05, 0.1) is 0 Å². The predicted molar refractivity (Wildman–Crippen MR) is 54.4 cm³/mol. The van der Waals surface area contributed by atoms with Gasteiger partial charge in [-0.1, -0.05) is 30.3 Å². The van der Waals surface area contributed by atoms with Crippen LogP contribution in [-0.4, -0.2) is 28.8 Å². The molecule has 15 heavy (non-hydrogen) atoms. The van der Waals surface area contributed by atoms with Gasteiger partial charge in [0.25, 0.3) is 0 Å². The molecule has 4 nitrogen and oxygen atoms in total. The van der Waals surface area contributed by atoms with Crippen LogP contribution in [0.3, 0.4) is 0 Å². The van der Waals surface area contributed by atoms with Crippen molar-refractivity contribution >= 4 is 5.97 Å². The van der Waals surface area contributed by atoms with E-state index >= 15 is 0 Å². The Hall–Kier alpha value is -1.39. The molecule has 1 aliphatic rings. The van der Waals surface area contributed by atoms with Gasteiger partial charge in [-0.2, -0.15) is 0 Å². The van der Waals surface area contributed by atoms with Gasteiger partial charge in [-0.3, -0.25) is 4.79 Å². The molecule has 0 amide bonds. The standard InChI is InChI=1S/C11H13NO3/c13-10(14)9-6-11(15,7-12-9)8-4-2-1-3-5-8/h1-5,9,12,15H,6-7H2,(H,13,14)/t9-,11?/m0/s1. The van der Waals surface area contributed by atoms with Gasteiger partial charge in [-0.05, 0) is 5.56 Å². The number of carboxylic acids is 1. The molecule has 0 saturated carbocycles. The first-order valence-corrected chi connectivity index (χ1v) is 4.86. The third kappa shape index (κ3) is 1.86. The third-order valence-corrected chi connectivity index (χ3v) is 2.79. The summed E-state index contributed by atoms with van der Waals surface area (Å²) in [7, 11) is 0. The molecular formula is C11H13NO3. The Bertz CT molecular complexity index is 365. The van der Waals surface area contributed by atoms with E-state index < -0.39 is 17.6 Å². The van der Waals surface area contributed by atoms with E-state index in [4.69, 9.17) is 5.11 Å². The van der Waals surface area contributed by atoms with Crippen LogP contribution in [0.4, 0.5) is 0 Å². The second-order valence-corrected chi connectivity index (χ2v) is 3.87. The molecule has 0 spiro atoms. The number of aliphatic carboxylic acids is 1. The fraction of sp³-hybridized carbons (Fsp3) is 0.364. The van der Waals surface area contributed by atoms with E-state index in [1.165, 1.54) is 0 Å². The second kappa shape index (κ2) is 3.64. The number of β-amino-alcohol motifs (C(OH)–C–C–N with tert-alkyl or cyclic N) is 1. The van der Waals surface area contributed by atoms with Gasteiger partial charge in [0.2, 0.25) is 0 Å². The summed E-state index contributed by atoms with van der Waals surface area (Å²) in [5, 5.41) is 21.9. The highest BCUT2D eigenvalue weighted by Gasteiger charge is 2.41. The van der Waals surface area contributed by atoms with Gasteiger partial charge in [0, 0.05) is 13.0 Å². The van der Waals surface area contributed by atoms with Crippen molar-refractivity contribution in [2.24, 2.45) is 0 Å². The highest BCUT2D eigenvalue weighted by atomic mass is 16.4. The van der Waals surface area contributed by atoms with Crippen LogP contribution in [0.5, 0.6) is 0 Å². The van der Waals surface area contributed by atoms with E-state index in [9.17, 15) is 9.90 Å². The summed E-state index contributed by atoms with van der Waals surface area (Å²) < 4.78 is 0. The fourth-order valence-electron chi connectivity index (χ4n) is 1.92. The minimum atomic E-state index is -1.05. The van der Waals surface area contributed by atoms with Crippen molar-refractivity contribution in [2.75, 3.05) is 6.54 Å². The zero-order valence-electron chi connectivity index (χ0n) is 8.18. The lowest BCUT2D eigenvalue weighted by Gasteiger charge is -2.21. The number of hydrogen-bond acceptors (Lipinski definition) is 3. The van der Waals surface area contributed by atoms with E-state index in [1.54, 1.807) is 0 Å². The van der Waals surface area contributed by atoms with E-state index in [2.05, 4.69) is 5.32 Å². The smallest absolute Gasteiger partial charge is 0.320 e. The summed E-state index contributed by atoms with van der Waals surface area (Å²) in [5.74, 6) is -0.915. The maximum absolute atomic E-state index is 10.7. The highest BCUT2D eigenvalue weighted by molar-refractivity contribution is 5.74. The molecule has 1 fully saturated rings. The van der Waals surface area contributed by atoms with Gasteiger partial charge in [-0.15, -0.1) is 0 Å². The first kappa shape index (κ1) is 10.1. The molecule has 1 aromatic carbocycles. The summed E-state index contributed by atoms with van der Waals surface area (Å²) >= 11 is 0. The van der Waals surface area contributed by atoms with Crippen molar-refractivity contribution in [1.82, 2.24) is 5.32 Å². The number of benzene rings is 1. The number of hydrogen-bond donors (Lipinski definition) is 3. The van der Waals surface area contributed by atoms with Crippen LogP contribution < -0.4 is 5.32 Å². The average molecular weight is 207 g/mol. The largest absolute Gasteiger partial charge is 0.480 e. The first-order chi connectivity index (χ1) is 7.12. The lowest BCUT2D eigenvalue weighted by molar-refractivity contribution is -0.139. The Morgan fingerprint density at radius 1 is 1.40 bits per heavy atom. The molecule has 0 aliphatic carbocycles. The molecule has 0 bridgehead atoms. The molecule has 80 valence electrons. The summed E-state index contributed by atoms with van der Waals surface area (Å²) in [6.07, 6.45) is 0.215. The normalized spacial score (nSPS) is 30.3. The van der Waals surface area contributed by atoms with Gasteiger partial charge in [0.15, 0.2) is 0 Å². The van der Waals surface area contributed by atoms with E-state index in [1.807, 2.05) is 30.3 Å². The second-order valence-electron chi connectivity index (χ2n) is 3.87. The van der Waals surface area contributed by atoms with Crippen molar-refractivity contribution in [3.8, 4) is 0 Å². The monoisotopic (exact) mass is 207 g/mol. The van der Waals surface area contributed by atoms with Crippen molar-refractivity contribution in [2.45, 2.75) is 18.1 Å². The minimum absolute atomic E-state index is 0.215. The zero-order chi connectivity index (χ0) is 10.9. The van der Waals surface area contributed by atoms with Crippen molar-refractivity contribution in [1.29, 1.82) is 0 Å². The molecule has 2 atom stereocenters. The molecule has 1 aromatic rings.